The van der Waals surface area contributed by atoms with E-state index in [-0.39, 0.29) is 0 Å². The lowest BCUT2D eigenvalue weighted by Crippen LogP contribution is -2.41. The first kappa shape index (κ1) is 27.2. The Labute approximate surface area is 260 Å². The van der Waals surface area contributed by atoms with Crippen LogP contribution in [0.1, 0.15) is 120 Å². The van der Waals surface area contributed by atoms with E-state index >= 15 is 0 Å². The predicted octanol–water partition coefficient (Wildman–Crippen LogP) is 10.9. The minimum Gasteiger partial charge on any atom is -0.370 e. The van der Waals surface area contributed by atoms with Crippen LogP contribution >= 0.6 is 0 Å². The Morgan fingerprint density at radius 1 is 0.628 bits per heavy atom. The van der Waals surface area contributed by atoms with Crippen LogP contribution in [0.25, 0.3) is 5.57 Å². The van der Waals surface area contributed by atoms with Crippen molar-refractivity contribution in [1.29, 1.82) is 0 Å². The smallest absolute Gasteiger partial charge is 0.0863 e. The summed E-state index contributed by atoms with van der Waals surface area (Å²) >= 11 is 0. The summed E-state index contributed by atoms with van der Waals surface area (Å²) in [6.45, 7) is 0. The third kappa shape index (κ3) is 4.49. The van der Waals surface area contributed by atoms with E-state index in [9.17, 15) is 0 Å². The van der Waals surface area contributed by atoms with Gasteiger partial charge in [0.1, 0.15) is 0 Å². The fraction of sp³-hybridized carbons (Fsp3) is 0.619. The summed E-state index contributed by atoms with van der Waals surface area (Å²) in [5.74, 6) is 6.27. The predicted molar refractivity (Wildman–Crippen MR) is 178 cm³/mol. The molecule has 7 aliphatic carbocycles. The molecule has 0 bridgehead atoms. The molecule has 1 aromatic rings. The molecule has 226 valence electrons. The number of hydrogen-bond donors (Lipinski definition) is 0. The Bertz CT molecular complexity index is 1380. The molecule has 10 unspecified atom stereocenters. The Morgan fingerprint density at radius 2 is 1.49 bits per heavy atom. The molecule has 1 heterocycles. The molecule has 0 aromatic heterocycles. The van der Waals surface area contributed by atoms with E-state index in [4.69, 9.17) is 4.74 Å². The van der Waals surface area contributed by atoms with Gasteiger partial charge in [0, 0.05) is 0 Å². The fourth-order valence-electron chi connectivity index (χ4n) is 12.3. The van der Waals surface area contributed by atoms with Gasteiger partial charge < -0.3 is 4.74 Å². The second-order valence-corrected chi connectivity index (χ2v) is 15.6. The largest absolute Gasteiger partial charge is 0.370 e. The van der Waals surface area contributed by atoms with Crippen molar-refractivity contribution in [3.8, 4) is 0 Å². The van der Waals surface area contributed by atoms with E-state index in [0.717, 1.165) is 29.6 Å². The van der Waals surface area contributed by atoms with E-state index in [1.165, 1.54) is 114 Å². The van der Waals surface area contributed by atoms with Gasteiger partial charge >= 0.3 is 0 Å². The molecule has 43 heavy (non-hydrogen) atoms. The van der Waals surface area contributed by atoms with Gasteiger partial charge in [0.15, 0.2) is 0 Å². The highest BCUT2D eigenvalue weighted by atomic mass is 16.5. The Kier molecular flexibility index (Phi) is 7.18. The van der Waals surface area contributed by atoms with Crippen molar-refractivity contribution in [2.24, 2.45) is 41.4 Å². The van der Waals surface area contributed by atoms with Gasteiger partial charge in [-0.25, -0.2) is 0 Å². The average molecular weight is 573 g/mol. The molecule has 4 fully saturated rings. The maximum atomic E-state index is 7.17. The number of fused-ring (bicyclic) bond motifs is 6. The molecule has 0 radical (unpaired) electrons. The van der Waals surface area contributed by atoms with Crippen molar-refractivity contribution in [2.45, 2.75) is 121 Å². The standard InChI is InChI=1S/C42H52O/c1-2-13-28(14-3-1)30-22-11-25-37-41-36(24-12-26-38(41)43-42(30)37)40-34-20-8-6-18-32(34)39(33-19-7-9-21-35(33)40)31-23-10-16-27-15-4-5-17-29(27)31/h2,6,8-9,13-14,18,20-22,27,29,31,33,36-39,41-42H,1,3-5,7,10-12,15-17,19,23-26H2. The van der Waals surface area contributed by atoms with Gasteiger partial charge in [-0.3, -0.25) is 0 Å². The quantitative estimate of drug-likeness (QED) is 0.350. The summed E-state index contributed by atoms with van der Waals surface area (Å²) in [7, 11) is 0. The van der Waals surface area contributed by atoms with Crippen molar-refractivity contribution >= 4 is 5.57 Å². The van der Waals surface area contributed by atoms with E-state index in [2.05, 4.69) is 60.7 Å². The van der Waals surface area contributed by atoms with Gasteiger partial charge in [0.05, 0.1) is 12.2 Å². The Balaban J connectivity index is 1.12. The first-order valence-corrected chi connectivity index (χ1v) is 18.6. The van der Waals surface area contributed by atoms with Crippen LogP contribution in [0.5, 0.6) is 0 Å². The second kappa shape index (κ2) is 11.3. The van der Waals surface area contributed by atoms with E-state index < -0.39 is 0 Å². The third-order valence-corrected chi connectivity index (χ3v) is 13.8. The molecule has 1 saturated heterocycles. The van der Waals surface area contributed by atoms with Crippen molar-refractivity contribution < 1.29 is 4.74 Å². The highest BCUT2D eigenvalue weighted by Gasteiger charge is 2.54. The fourth-order valence-corrected chi connectivity index (χ4v) is 12.3. The summed E-state index contributed by atoms with van der Waals surface area (Å²) in [5.41, 5.74) is 9.94. The van der Waals surface area contributed by atoms with Gasteiger partial charge in [-0.05, 0) is 145 Å². The molecular weight excluding hydrogens is 520 g/mol. The molecule has 0 amide bonds. The average Bonchev–Trinajstić information content (AvgIpc) is 3.47. The highest BCUT2D eigenvalue weighted by Crippen LogP contribution is 2.61. The highest BCUT2D eigenvalue weighted by molar-refractivity contribution is 5.79. The van der Waals surface area contributed by atoms with Crippen molar-refractivity contribution in [3.05, 3.63) is 88.6 Å². The number of benzene rings is 1. The molecule has 10 atom stereocenters. The zero-order valence-corrected chi connectivity index (χ0v) is 26.3. The van der Waals surface area contributed by atoms with Crippen LogP contribution in [0.4, 0.5) is 0 Å². The van der Waals surface area contributed by atoms with Crippen molar-refractivity contribution in [1.82, 2.24) is 0 Å². The summed E-state index contributed by atoms with van der Waals surface area (Å²) in [4.78, 5) is 0. The first-order valence-electron chi connectivity index (χ1n) is 18.6. The number of rotatable bonds is 3. The molecule has 0 N–H and O–H groups in total. The van der Waals surface area contributed by atoms with Gasteiger partial charge in [0.2, 0.25) is 0 Å². The molecule has 1 nitrogen and oxygen atoms in total. The molecule has 0 spiro atoms. The zero-order chi connectivity index (χ0) is 28.3. The number of ether oxygens (including phenoxy) is 1. The lowest BCUT2D eigenvalue weighted by molar-refractivity contribution is 0.0254. The van der Waals surface area contributed by atoms with Crippen LogP contribution in [-0.4, -0.2) is 12.2 Å². The van der Waals surface area contributed by atoms with Crippen LogP contribution in [-0.2, 0) is 4.74 Å². The number of hydrogen-bond acceptors (Lipinski definition) is 1. The zero-order valence-electron chi connectivity index (χ0n) is 26.3. The lowest BCUT2D eigenvalue weighted by atomic mass is 9.53. The van der Waals surface area contributed by atoms with Gasteiger partial charge in [-0.15, -0.1) is 0 Å². The molecular formula is C42H52O. The van der Waals surface area contributed by atoms with Crippen LogP contribution in [0, 0.1) is 41.4 Å². The molecule has 1 aromatic carbocycles. The van der Waals surface area contributed by atoms with Crippen LogP contribution in [0.3, 0.4) is 0 Å². The van der Waals surface area contributed by atoms with E-state index in [1.807, 2.05) is 0 Å². The van der Waals surface area contributed by atoms with Crippen molar-refractivity contribution in [3.63, 3.8) is 0 Å². The van der Waals surface area contributed by atoms with Crippen LogP contribution in [0.15, 0.2) is 77.4 Å². The SMILES string of the molecule is C1=CC(C2=CCCC3C2OC2CCCC(C4=C5C=CCCC5C(C5CCCC6CCCCC65)c5ccccc54)C23)=CCC1. The molecule has 3 saturated carbocycles. The molecule has 1 heteroatoms. The summed E-state index contributed by atoms with van der Waals surface area (Å²) in [6.07, 6.45) is 37.6. The van der Waals surface area contributed by atoms with E-state index in [1.54, 1.807) is 22.3 Å². The second-order valence-electron chi connectivity index (χ2n) is 15.6. The Hall–Kier alpha value is -2.12. The van der Waals surface area contributed by atoms with Gasteiger partial charge in [-0.2, -0.15) is 0 Å². The lowest BCUT2D eigenvalue weighted by Gasteiger charge is -2.51. The van der Waals surface area contributed by atoms with Gasteiger partial charge in [0.25, 0.3) is 0 Å². The van der Waals surface area contributed by atoms with Crippen LogP contribution in [0.2, 0.25) is 0 Å². The molecule has 9 rings (SSSR count). The first-order chi connectivity index (χ1) is 21.4. The summed E-state index contributed by atoms with van der Waals surface area (Å²) in [6, 6.07) is 9.91. The van der Waals surface area contributed by atoms with Crippen molar-refractivity contribution in [2.75, 3.05) is 0 Å². The Morgan fingerprint density at radius 3 is 2.44 bits per heavy atom. The minimum atomic E-state index is 0.304. The minimum absolute atomic E-state index is 0.304. The third-order valence-electron chi connectivity index (χ3n) is 13.8. The number of allylic oxidation sites excluding steroid dienone is 8. The molecule has 8 aliphatic rings. The summed E-state index contributed by atoms with van der Waals surface area (Å²) < 4.78 is 7.17. The normalized spacial score (nSPS) is 41.8. The monoisotopic (exact) mass is 572 g/mol. The maximum absolute atomic E-state index is 7.17. The molecule has 1 aliphatic heterocycles. The van der Waals surface area contributed by atoms with Crippen LogP contribution < -0.4 is 0 Å². The summed E-state index contributed by atoms with van der Waals surface area (Å²) in [5, 5.41) is 0. The topological polar surface area (TPSA) is 9.23 Å². The van der Waals surface area contributed by atoms with Gasteiger partial charge in [-0.1, -0.05) is 99.2 Å². The maximum Gasteiger partial charge on any atom is 0.0863 e. The van der Waals surface area contributed by atoms with E-state index in [0.29, 0.717) is 30.0 Å².